The molecule has 198 valence electrons. The zero-order chi connectivity index (χ0) is 27.3. The highest BCUT2D eigenvalue weighted by Gasteiger charge is 2.42. The van der Waals surface area contributed by atoms with Gasteiger partial charge in [0, 0.05) is 5.69 Å². The highest BCUT2D eigenvalue weighted by molar-refractivity contribution is 5.96. The number of amides is 1. The molecule has 3 rings (SSSR count). The van der Waals surface area contributed by atoms with Gasteiger partial charge < -0.3 is 24.5 Å². The van der Waals surface area contributed by atoms with Crippen LogP contribution in [0.5, 0.6) is 0 Å². The van der Waals surface area contributed by atoms with Gasteiger partial charge in [-0.2, -0.15) is 0 Å². The molecule has 1 fully saturated rings. The molecule has 0 saturated carbocycles. The first-order chi connectivity index (χ1) is 17.5. The van der Waals surface area contributed by atoms with Crippen molar-refractivity contribution in [2.45, 2.75) is 59.3 Å². The lowest BCUT2D eigenvalue weighted by Crippen LogP contribution is -2.47. The molecule has 0 aliphatic carbocycles. The van der Waals surface area contributed by atoms with E-state index in [0.717, 1.165) is 5.56 Å². The molecule has 0 radical (unpaired) electrons. The van der Waals surface area contributed by atoms with Crippen molar-refractivity contribution in [1.29, 1.82) is 0 Å². The third-order valence-corrected chi connectivity index (χ3v) is 6.21. The lowest BCUT2D eigenvalue weighted by Gasteiger charge is -2.29. The Morgan fingerprint density at radius 2 is 1.78 bits per heavy atom. The number of carbonyl (C=O) groups is 4. The predicted molar refractivity (Wildman–Crippen MR) is 133 cm³/mol. The summed E-state index contributed by atoms with van der Waals surface area (Å²) in [4.78, 5) is 66.4. The number of carbonyl (C=O) groups excluding carboxylic acids is 4. The van der Waals surface area contributed by atoms with Crippen LogP contribution in [0.1, 0.15) is 48.0 Å². The van der Waals surface area contributed by atoms with Crippen molar-refractivity contribution in [1.82, 2.24) is 10.3 Å². The van der Waals surface area contributed by atoms with Gasteiger partial charge in [-0.3, -0.25) is 19.2 Å². The Morgan fingerprint density at radius 3 is 2.43 bits per heavy atom. The van der Waals surface area contributed by atoms with Crippen LogP contribution in [0.2, 0.25) is 0 Å². The van der Waals surface area contributed by atoms with Crippen molar-refractivity contribution in [3.8, 4) is 0 Å². The van der Waals surface area contributed by atoms with Gasteiger partial charge in [0.05, 0.1) is 5.92 Å². The van der Waals surface area contributed by atoms with Gasteiger partial charge in [0.25, 0.3) is 11.5 Å². The van der Waals surface area contributed by atoms with E-state index in [0.29, 0.717) is 11.3 Å². The van der Waals surface area contributed by atoms with Crippen LogP contribution in [0, 0.1) is 25.7 Å². The zero-order valence-corrected chi connectivity index (χ0v) is 21.5. The Bertz CT molecular complexity index is 1220. The summed E-state index contributed by atoms with van der Waals surface area (Å²) >= 11 is 0. The highest BCUT2D eigenvalue weighted by atomic mass is 16.6. The average molecular weight is 513 g/mol. The molecule has 0 spiro atoms. The average Bonchev–Trinajstić information content (AvgIpc) is 2.88. The Balaban J connectivity index is 1.88. The Labute approximate surface area is 214 Å². The van der Waals surface area contributed by atoms with Crippen molar-refractivity contribution >= 4 is 23.8 Å². The van der Waals surface area contributed by atoms with Gasteiger partial charge in [-0.1, -0.05) is 44.2 Å². The van der Waals surface area contributed by atoms with E-state index in [-0.39, 0.29) is 12.0 Å². The van der Waals surface area contributed by atoms with Gasteiger partial charge in [-0.05, 0) is 44.4 Å². The number of aromatic amines is 1. The number of ether oxygens (including phenoxy) is 3. The number of pyridine rings is 1. The third-order valence-electron chi connectivity index (χ3n) is 6.21. The second-order valence-corrected chi connectivity index (χ2v) is 9.47. The normalized spacial score (nSPS) is 22.2. The standard InChI is InChI=1S/C27H32N2O8/c1-14(2)25(32)37-22-17(5)36-27(34)21(29-24(31)20-11-15(3)16(4)28-23(20)30)13-35-26(33)19(22)12-18-9-7-6-8-10-18/h6-11,14,17,19,21-22H,12-13H2,1-5H3,(H,28,30)(H,29,31)/t17-,19+,21?,22?/m0/s1. The van der Waals surface area contributed by atoms with Crippen LogP contribution in [0.25, 0.3) is 0 Å². The van der Waals surface area contributed by atoms with Gasteiger partial charge in [-0.25, -0.2) is 4.79 Å². The van der Waals surface area contributed by atoms with Crippen LogP contribution in [0.4, 0.5) is 0 Å². The van der Waals surface area contributed by atoms with E-state index in [1.54, 1.807) is 27.7 Å². The van der Waals surface area contributed by atoms with E-state index < -0.39 is 66.1 Å². The Hall–Kier alpha value is -3.95. The zero-order valence-electron chi connectivity index (χ0n) is 21.5. The third kappa shape index (κ3) is 6.84. The van der Waals surface area contributed by atoms with Crippen LogP contribution in [-0.4, -0.2) is 53.7 Å². The van der Waals surface area contributed by atoms with Crippen molar-refractivity contribution in [3.05, 3.63) is 69.1 Å². The lowest BCUT2D eigenvalue weighted by molar-refractivity contribution is -0.176. The van der Waals surface area contributed by atoms with Crippen LogP contribution < -0.4 is 10.9 Å². The molecule has 2 N–H and O–H groups in total. The Morgan fingerprint density at radius 1 is 1.11 bits per heavy atom. The molecule has 1 aromatic carbocycles. The van der Waals surface area contributed by atoms with Crippen LogP contribution in [0.15, 0.2) is 41.2 Å². The number of cyclic esters (lactones) is 2. The number of esters is 3. The summed E-state index contributed by atoms with van der Waals surface area (Å²) in [6.45, 7) is 7.72. The number of rotatable bonds is 6. The summed E-state index contributed by atoms with van der Waals surface area (Å²) < 4.78 is 16.6. The van der Waals surface area contributed by atoms with Gasteiger partial charge in [-0.15, -0.1) is 0 Å². The summed E-state index contributed by atoms with van der Waals surface area (Å²) in [5, 5.41) is 2.43. The van der Waals surface area contributed by atoms with Gasteiger partial charge >= 0.3 is 17.9 Å². The van der Waals surface area contributed by atoms with Crippen molar-refractivity contribution in [3.63, 3.8) is 0 Å². The van der Waals surface area contributed by atoms with E-state index in [1.807, 2.05) is 30.3 Å². The summed E-state index contributed by atoms with van der Waals surface area (Å²) in [5.41, 5.74) is 1.27. The molecule has 0 bridgehead atoms. The molecular weight excluding hydrogens is 480 g/mol. The van der Waals surface area contributed by atoms with E-state index in [4.69, 9.17) is 14.2 Å². The predicted octanol–water partition coefficient (Wildman–Crippen LogP) is 2.01. The van der Waals surface area contributed by atoms with Crippen LogP contribution in [0.3, 0.4) is 0 Å². The quantitative estimate of drug-likeness (QED) is 0.442. The fourth-order valence-electron chi connectivity index (χ4n) is 3.88. The summed E-state index contributed by atoms with van der Waals surface area (Å²) in [6, 6.07) is 9.14. The molecule has 2 heterocycles. The molecule has 37 heavy (non-hydrogen) atoms. The highest BCUT2D eigenvalue weighted by Crippen LogP contribution is 2.24. The van der Waals surface area contributed by atoms with Gasteiger partial charge in [0.2, 0.25) is 0 Å². The fraction of sp³-hybridized carbons (Fsp3) is 0.444. The number of hydrogen-bond acceptors (Lipinski definition) is 8. The molecule has 1 amide bonds. The van der Waals surface area contributed by atoms with Crippen LogP contribution >= 0.6 is 0 Å². The van der Waals surface area contributed by atoms with Crippen molar-refractivity contribution in [2.75, 3.05) is 6.61 Å². The molecule has 10 heteroatoms. The molecule has 4 atom stereocenters. The molecular formula is C27H32N2O8. The van der Waals surface area contributed by atoms with E-state index >= 15 is 0 Å². The first-order valence-corrected chi connectivity index (χ1v) is 12.1. The molecule has 1 aliphatic rings. The largest absolute Gasteiger partial charge is 0.463 e. The molecule has 1 aromatic heterocycles. The molecule has 1 aliphatic heterocycles. The Kier molecular flexibility index (Phi) is 8.86. The number of aryl methyl sites for hydroxylation is 2. The topological polar surface area (TPSA) is 141 Å². The minimum Gasteiger partial charge on any atom is -0.463 e. The van der Waals surface area contributed by atoms with E-state index in [2.05, 4.69) is 10.3 Å². The lowest BCUT2D eigenvalue weighted by atomic mass is 9.91. The second kappa shape index (κ2) is 11.9. The summed E-state index contributed by atoms with van der Waals surface area (Å²) in [7, 11) is 0. The summed E-state index contributed by atoms with van der Waals surface area (Å²) in [5.74, 6) is -4.43. The first kappa shape index (κ1) is 27.6. The molecule has 2 unspecified atom stereocenters. The SMILES string of the molecule is Cc1cc(C(=O)NC2COC(=O)[C@H](Cc3ccccc3)C(OC(=O)C(C)C)[C@H](C)OC2=O)c(=O)[nH]c1C. The maximum atomic E-state index is 13.2. The minimum absolute atomic E-state index is 0.173. The second-order valence-electron chi connectivity index (χ2n) is 9.47. The van der Waals surface area contributed by atoms with Crippen LogP contribution in [-0.2, 0) is 35.0 Å². The van der Waals surface area contributed by atoms with E-state index in [9.17, 15) is 24.0 Å². The smallest absolute Gasteiger partial charge is 0.332 e. The van der Waals surface area contributed by atoms with Gasteiger partial charge in [0.15, 0.2) is 12.1 Å². The number of nitrogens with one attached hydrogen (secondary N) is 2. The number of H-pyrrole nitrogens is 1. The first-order valence-electron chi connectivity index (χ1n) is 12.1. The van der Waals surface area contributed by atoms with E-state index in [1.165, 1.54) is 13.0 Å². The maximum Gasteiger partial charge on any atom is 0.332 e. The van der Waals surface area contributed by atoms with Crippen molar-refractivity contribution in [2.24, 2.45) is 11.8 Å². The van der Waals surface area contributed by atoms with Gasteiger partial charge in [0.1, 0.15) is 24.2 Å². The molecule has 2 aromatic rings. The maximum absolute atomic E-state index is 13.2. The summed E-state index contributed by atoms with van der Waals surface area (Å²) in [6.07, 6.45) is -1.98. The number of benzene rings is 1. The number of hydrogen-bond donors (Lipinski definition) is 2. The van der Waals surface area contributed by atoms with Crippen molar-refractivity contribution < 1.29 is 33.4 Å². The molecule has 10 nitrogen and oxygen atoms in total. The monoisotopic (exact) mass is 512 g/mol. The fourth-order valence-corrected chi connectivity index (χ4v) is 3.88. The minimum atomic E-state index is -1.38. The molecule has 1 saturated heterocycles. The number of aromatic nitrogens is 1.